The summed E-state index contributed by atoms with van der Waals surface area (Å²) in [6.07, 6.45) is 8.40. The number of hydrogen-bond acceptors (Lipinski definition) is 2. The fourth-order valence-electron chi connectivity index (χ4n) is 3.47. The van der Waals surface area contributed by atoms with Gasteiger partial charge < -0.3 is 0 Å². The fraction of sp³-hybridized carbons (Fsp3) is 0.474. The lowest BCUT2D eigenvalue weighted by atomic mass is 9.89. The number of aromatic nitrogens is 2. The SMILES string of the molecule is CC=C(C)c1nc(=O)n(CC2CCCCC2)c2ccccc12. The molecule has 3 heteroatoms. The quantitative estimate of drug-likeness (QED) is 0.841. The van der Waals surface area contributed by atoms with Crippen LogP contribution in [0.25, 0.3) is 16.5 Å². The molecule has 0 atom stereocenters. The van der Waals surface area contributed by atoms with Gasteiger partial charge in [0.05, 0.1) is 11.2 Å². The van der Waals surface area contributed by atoms with Gasteiger partial charge in [0.15, 0.2) is 0 Å². The van der Waals surface area contributed by atoms with Gasteiger partial charge in [-0.1, -0.05) is 43.5 Å². The highest BCUT2D eigenvalue weighted by Gasteiger charge is 2.17. The highest BCUT2D eigenvalue weighted by Crippen LogP contribution is 2.27. The van der Waals surface area contributed by atoms with E-state index in [2.05, 4.69) is 11.1 Å². The van der Waals surface area contributed by atoms with Gasteiger partial charge in [0.2, 0.25) is 0 Å². The Morgan fingerprint density at radius 3 is 2.73 bits per heavy atom. The van der Waals surface area contributed by atoms with E-state index in [1.807, 2.05) is 42.7 Å². The number of nitrogens with zero attached hydrogens (tertiary/aromatic N) is 2. The maximum Gasteiger partial charge on any atom is 0.348 e. The van der Waals surface area contributed by atoms with E-state index in [1.165, 1.54) is 32.1 Å². The molecule has 1 aliphatic rings. The topological polar surface area (TPSA) is 34.9 Å². The van der Waals surface area contributed by atoms with Crippen molar-refractivity contribution < 1.29 is 0 Å². The molecule has 2 aromatic rings. The molecule has 0 aliphatic heterocycles. The van der Waals surface area contributed by atoms with Crippen LogP contribution in [-0.4, -0.2) is 9.55 Å². The van der Waals surface area contributed by atoms with Crippen molar-refractivity contribution in [2.24, 2.45) is 5.92 Å². The summed E-state index contributed by atoms with van der Waals surface area (Å²) in [5.74, 6) is 0.616. The minimum atomic E-state index is -0.111. The molecule has 3 nitrogen and oxygen atoms in total. The van der Waals surface area contributed by atoms with Crippen LogP contribution >= 0.6 is 0 Å². The molecule has 1 aromatic heterocycles. The van der Waals surface area contributed by atoms with Crippen molar-refractivity contribution >= 4 is 16.5 Å². The number of hydrogen-bond donors (Lipinski definition) is 0. The minimum Gasteiger partial charge on any atom is -0.292 e. The Bertz CT molecular complexity index is 752. The standard InChI is InChI=1S/C19H24N2O/c1-3-14(2)18-16-11-7-8-12-17(16)21(19(22)20-18)13-15-9-5-4-6-10-15/h3,7-8,11-12,15H,4-6,9-10,13H2,1-2H3. The molecule has 1 fully saturated rings. The maximum atomic E-state index is 12.6. The van der Waals surface area contributed by atoms with Crippen molar-refractivity contribution in [2.45, 2.75) is 52.5 Å². The first-order chi connectivity index (χ1) is 10.7. The van der Waals surface area contributed by atoms with E-state index in [0.29, 0.717) is 5.92 Å². The van der Waals surface area contributed by atoms with Crippen molar-refractivity contribution in [2.75, 3.05) is 0 Å². The van der Waals surface area contributed by atoms with Gasteiger partial charge >= 0.3 is 5.69 Å². The van der Waals surface area contributed by atoms with E-state index in [0.717, 1.165) is 28.7 Å². The Morgan fingerprint density at radius 2 is 2.00 bits per heavy atom. The van der Waals surface area contributed by atoms with E-state index < -0.39 is 0 Å². The molecule has 0 N–H and O–H groups in total. The zero-order chi connectivity index (χ0) is 15.5. The van der Waals surface area contributed by atoms with Crippen molar-refractivity contribution in [1.29, 1.82) is 0 Å². The molecule has 1 saturated carbocycles. The molecule has 3 rings (SSSR count). The third-order valence-corrected chi connectivity index (χ3v) is 4.86. The Labute approximate surface area is 131 Å². The molecule has 1 aliphatic carbocycles. The number of fused-ring (bicyclic) bond motifs is 1. The summed E-state index contributed by atoms with van der Waals surface area (Å²) in [6.45, 7) is 4.81. The molecular formula is C19H24N2O. The molecule has 0 radical (unpaired) electrons. The Hall–Kier alpha value is -1.90. The highest BCUT2D eigenvalue weighted by atomic mass is 16.1. The van der Waals surface area contributed by atoms with Crippen LogP contribution in [0.1, 0.15) is 51.6 Å². The lowest BCUT2D eigenvalue weighted by Gasteiger charge is -2.23. The van der Waals surface area contributed by atoms with Crippen molar-refractivity contribution in [1.82, 2.24) is 9.55 Å². The molecule has 1 aromatic carbocycles. The summed E-state index contributed by atoms with van der Waals surface area (Å²) in [6, 6.07) is 8.15. The van der Waals surface area contributed by atoms with Crippen LogP contribution in [0, 0.1) is 5.92 Å². The van der Waals surface area contributed by atoms with Crippen molar-refractivity contribution in [3.8, 4) is 0 Å². The lowest BCUT2D eigenvalue weighted by molar-refractivity contribution is 0.318. The number of rotatable bonds is 3. The largest absolute Gasteiger partial charge is 0.348 e. The smallest absolute Gasteiger partial charge is 0.292 e. The molecule has 22 heavy (non-hydrogen) atoms. The van der Waals surface area contributed by atoms with E-state index >= 15 is 0 Å². The summed E-state index contributed by atoms with van der Waals surface area (Å²) in [7, 11) is 0. The molecule has 0 spiro atoms. The van der Waals surface area contributed by atoms with Crippen LogP contribution < -0.4 is 5.69 Å². The predicted octanol–water partition coefficient (Wildman–Crippen LogP) is 4.40. The summed E-state index contributed by atoms with van der Waals surface area (Å²) < 4.78 is 1.89. The van der Waals surface area contributed by atoms with Crippen molar-refractivity contribution in [3.63, 3.8) is 0 Å². The van der Waals surface area contributed by atoms with E-state index in [4.69, 9.17) is 0 Å². The van der Waals surface area contributed by atoms with Gasteiger partial charge in [-0.25, -0.2) is 4.79 Å². The summed E-state index contributed by atoms with van der Waals surface area (Å²) >= 11 is 0. The zero-order valence-corrected chi connectivity index (χ0v) is 13.5. The first-order valence-corrected chi connectivity index (χ1v) is 8.33. The average Bonchev–Trinajstić information content (AvgIpc) is 2.57. The molecule has 0 unspecified atom stereocenters. The zero-order valence-electron chi connectivity index (χ0n) is 13.5. The van der Waals surface area contributed by atoms with Gasteiger partial charge in [0.25, 0.3) is 0 Å². The maximum absolute atomic E-state index is 12.6. The summed E-state index contributed by atoms with van der Waals surface area (Å²) in [5.41, 5.74) is 2.78. The van der Waals surface area contributed by atoms with Crippen LogP contribution in [0.2, 0.25) is 0 Å². The Morgan fingerprint density at radius 1 is 1.27 bits per heavy atom. The van der Waals surface area contributed by atoms with E-state index in [9.17, 15) is 4.79 Å². The second kappa shape index (κ2) is 6.47. The minimum absolute atomic E-state index is 0.111. The van der Waals surface area contributed by atoms with E-state index in [-0.39, 0.29) is 5.69 Å². The molecule has 0 saturated heterocycles. The van der Waals surface area contributed by atoms with Crippen LogP contribution in [0.3, 0.4) is 0 Å². The van der Waals surface area contributed by atoms with Gasteiger partial charge in [0, 0.05) is 11.9 Å². The molecule has 0 amide bonds. The third-order valence-electron chi connectivity index (χ3n) is 4.86. The predicted molar refractivity (Wildman–Crippen MR) is 91.9 cm³/mol. The molecule has 0 bridgehead atoms. The normalized spacial score (nSPS) is 17.1. The Kier molecular flexibility index (Phi) is 4.41. The highest BCUT2D eigenvalue weighted by molar-refractivity contribution is 5.89. The van der Waals surface area contributed by atoms with Crippen molar-refractivity contribution in [3.05, 3.63) is 46.5 Å². The first kappa shape index (κ1) is 15.0. The number of benzene rings is 1. The van der Waals surface area contributed by atoms with Gasteiger partial charge in [-0.15, -0.1) is 0 Å². The first-order valence-electron chi connectivity index (χ1n) is 8.33. The van der Waals surface area contributed by atoms with Crippen LogP contribution in [0.15, 0.2) is 35.1 Å². The van der Waals surface area contributed by atoms with Crippen LogP contribution in [0.5, 0.6) is 0 Å². The van der Waals surface area contributed by atoms with Gasteiger partial charge in [-0.2, -0.15) is 4.98 Å². The molecular weight excluding hydrogens is 272 g/mol. The average molecular weight is 296 g/mol. The summed E-state index contributed by atoms with van der Waals surface area (Å²) in [5, 5.41) is 1.08. The second-order valence-electron chi connectivity index (χ2n) is 6.35. The van der Waals surface area contributed by atoms with Crippen LogP contribution in [-0.2, 0) is 6.54 Å². The fourth-order valence-corrected chi connectivity index (χ4v) is 3.47. The van der Waals surface area contributed by atoms with Gasteiger partial charge in [0.1, 0.15) is 0 Å². The third kappa shape index (κ3) is 2.85. The van der Waals surface area contributed by atoms with Gasteiger partial charge in [-0.3, -0.25) is 4.57 Å². The number of allylic oxidation sites excluding steroid dienone is 2. The summed E-state index contributed by atoms with van der Waals surface area (Å²) in [4.78, 5) is 16.9. The Balaban J connectivity index is 2.11. The lowest BCUT2D eigenvalue weighted by Crippen LogP contribution is -2.28. The van der Waals surface area contributed by atoms with E-state index in [1.54, 1.807) is 0 Å². The monoisotopic (exact) mass is 296 g/mol. The second-order valence-corrected chi connectivity index (χ2v) is 6.35. The van der Waals surface area contributed by atoms with Crippen LogP contribution in [0.4, 0.5) is 0 Å². The van der Waals surface area contributed by atoms with Gasteiger partial charge in [-0.05, 0) is 44.2 Å². The number of para-hydroxylation sites is 1. The molecule has 116 valence electrons. The molecule has 1 heterocycles.